The average Bonchev–Trinajstić information content (AvgIpc) is 2.83. The van der Waals surface area contributed by atoms with Gasteiger partial charge in [-0.25, -0.2) is 4.79 Å². The summed E-state index contributed by atoms with van der Waals surface area (Å²) in [5, 5.41) is 3.57. The highest BCUT2D eigenvalue weighted by atomic mass is 16.6. The third-order valence-electron chi connectivity index (χ3n) is 4.23. The van der Waals surface area contributed by atoms with Gasteiger partial charge in [-0.2, -0.15) is 0 Å². The SMILES string of the molecule is CC1OCCC1NCCN1CCN(C(=O)OC(C)(C)C)CC1. The molecule has 0 saturated carbocycles. The molecule has 128 valence electrons. The first-order chi connectivity index (χ1) is 10.3. The first kappa shape index (κ1) is 17.5. The summed E-state index contributed by atoms with van der Waals surface area (Å²) in [4.78, 5) is 16.2. The predicted molar refractivity (Wildman–Crippen MR) is 86.1 cm³/mol. The Kier molecular flexibility index (Phi) is 6.06. The van der Waals surface area contributed by atoms with Crippen LogP contribution in [0.25, 0.3) is 0 Å². The molecule has 2 heterocycles. The second-order valence-corrected chi connectivity index (χ2v) is 7.23. The molecule has 2 rings (SSSR count). The Balaban J connectivity index is 1.61. The number of ether oxygens (including phenoxy) is 2. The zero-order valence-corrected chi connectivity index (χ0v) is 14.4. The van der Waals surface area contributed by atoms with Crippen molar-refractivity contribution in [1.29, 1.82) is 0 Å². The van der Waals surface area contributed by atoms with Crippen LogP contribution in [0.15, 0.2) is 0 Å². The quantitative estimate of drug-likeness (QED) is 0.848. The molecule has 1 amide bonds. The molecule has 2 fully saturated rings. The van der Waals surface area contributed by atoms with Crippen molar-refractivity contribution in [2.75, 3.05) is 45.9 Å². The predicted octanol–water partition coefficient (Wildman–Crippen LogP) is 1.31. The molecule has 2 atom stereocenters. The number of nitrogens with one attached hydrogen (secondary N) is 1. The lowest BCUT2D eigenvalue weighted by Gasteiger charge is -2.35. The Morgan fingerprint density at radius 3 is 2.50 bits per heavy atom. The molecule has 2 aliphatic heterocycles. The van der Waals surface area contributed by atoms with Crippen LogP contribution in [0.4, 0.5) is 4.79 Å². The maximum atomic E-state index is 12.0. The van der Waals surface area contributed by atoms with E-state index < -0.39 is 5.60 Å². The van der Waals surface area contributed by atoms with E-state index in [1.54, 1.807) is 0 Å². The lowest BCUT2D eigenvalue weighted by Crippen LogP contribution is -2.51. The molecule has 6 heteroatoms. The molecular formula is C16H31N3O3. The van der Waals surface area contributed by atoms with E-state index in [0.717, 1.165) is 52.3 Å². The topological polar surface area (TPSA) is 54.0 Å². The van der Waals surface area contributed by atoms with Crippen molar-refractivity contribution in [3.63, 3.8) is 0 Å². The highest BCUT2D eigenvalue weighted by molar-refractivity contribution is 5.68. The molecular weight excluding hydrogens is 282 g/mol. The number of hydrogen-bond acceptors (Lipinski definition) is 5. The van der Waals surface area contributed by atoms with E-state index in [2.05, 4.69) is 17.1 Å². The summed E-state index contributed by atoms with van der Waals surface area (Å²) >= 11 is 0. The Bertz CT molecular complexity index is 362. The van der Waals surface area contributed by atoms with Gasteiger partial charge < -0.3 is 19.7 Å². The van der Waals surface area contributed by atoms with Gasteiger partial charge in [0.25, 0.3) is 0 Å². The monoisotopic (exact) mass is 313 g/mol. The third-order valence-corrected chi connectivity index (χ3v) is 4.23. The number of nitrogens with zero attached hydrogens (tertiary/aromatic N) is 2. The fourth-order valence-electron chi connectivity index (χ4n) is 2.89. The number of amides is 1. The summed E-state index contributed by atoms with van der Waals surface area (Å²) in [7, 11) is 0. The Morgan fingerprint density at radius 2 is 1.95 bits per heavy atom. The van der Waals surface area contributed by atoms with Gasteiger partial charge in [0.15, 0.2) is 0 Å². The van der Waals surface area contributed by atoms with Crippen molar-refractivity contribution in [3.8, 4) is 0 Å². The number of rotatable bonds is 4. The number of hydrogen-bond donors (Lipinski definition) is 1. The summed E-state index contributed by atoms with van der Waals surface area (Å²) in [5.74, 6) is 0. The zero-order chi connectivity index (χ0) is 16.2. The lowest BCUT2D eigenvalue weighted by atomic mass is 10.1. The summed E-state index contributed by atoms with van der Waals surface area (Å²) < 4.78 is 11.0. The second kappa shape index (κ2) is 7.62. The molecule has 6 nitrogen and oxygen atoms in total. The van der Waals surface area contributed by atoms with Crippen LogP contribution in [-0.4, -0.2) is 79.5 Å². The Labute approximate surface area is 134 Å². The molecule has 2 aliphatic rings. The van der Waals surface area contributed by atoms with Crippen LogP contribution < -0.4 is 5.32 Å². The molecule has 0 spiro atoms. The molecule has 0 aliphatic carbocycles. The van der Waals surface area contributed by atoms with Gasteiger partial charge in [-0.1, -0.05) is 0 Å². The minimum absolute atomic E-state index is 0.192. The lowest BCUT2D eigenvalue weighted by molar-refractivity contribution is 0.0145. The molecule has 1 N–H and O–H groups in total. The summed E-state index contributed by atoms with van der Waals surface area (Å²) in [6, 6.07) is 0.489. The third kappa shape index (κ3) is 5.41. The van der Waals surface area contributed by atoms with Crippen LogP contribution in [0.1, 0.15) is 34.1 Å². The molecule has 0 aromatic rings. The molecule has 2 unspecified atom stereocenters. The molecule has 0 aromatic carbocycles. The molecule has 2 saturated heterocycles. The van der Waals surface area contributed by atoms with Gasteiger partial charge in [0.1, 0.15) is 5.60 Å². The molecule has 0 radical (unpaired) electrons. The summed E-state index contributed by atoms with van der Waals surface area (Å²) in [5.41, 5.74) is -0.418. The normalized spacial score (nSPS) is 27.2. The van der Waals surface area contributed by atoms with Crippen LogP contribution in [-0.2, 0) is 9.47 Å². The van der Waals surface area contributed by atoms with E-state index in [9.17, 15) is 4.79 Å². The molecule has 22 heavy (non-hydrogen) atoms. The van der Waals surface area contributed by atoms with Crippen LogP contribution in [0.3, 0.4) is 0 Å². The van der Waals surface area contributed by atoms with E-state index in [1.165, 1.54) is 0 Å². The molecule has 0 bridgehead atoms. The smallest absolute Gasteiger partial charge is 0.410 e. The van der Waals surface area contributed by atoms with Crippen molar-refractivity contribution in [2.24, 2.45) is 0 Å². The average molecular weight is 313 g/mol. The summed E-state index contributed by atoms with van der Waals surface area (Å²) in [6.45, 7) is 14.0. The van der Waals surface area contributed by atoms with E-state index in [-0.39, 0.29) is 6.09 Å². The van der Waals surface area contributed by atoms with E-state index in [0.29, 0.717) is 12.1 Å². The Hall–Kier alpha value is -0.850. The number of piperazine rings is 1. The second-order valence-electron chi connectivity index (χ2n) is 7.23. The van der Waals surface area contributed by atoms with Gasteiger partial charge in [-0.3, -0.25) is 4.90 Å². The van der Waals surface area contributed by atoms with Crippen molar-refractivity contribution in [2.45, 2.75) is 51.9 Å². The van der Waals surface area contributed by atoms with Crippen LogP contribution in [0, 0.1) is 0 Å². The van der Waals surface area contributed by atoms with Gasteiger partial charge in [0.05, 0.1) is 6.10 Å². The zero-order valence-electron chi connectivity index (χ0n) is 14.4. The maximum absolute atomic E-state index is 12.0. The van der Waals surface area contributed by atoms with Gasteiger partial charge in [-0.15, -0.1) is 0 Å². The van der Waals surface area contributed by atoms with Crippen molar-refractivity contribution >= 4 is 6.09 Å². The highest BCUT2D eigenvalue weighted by Crippen LogP contribution is 2.13. The fourth-order valence-corrected chi connectivity index (χ4v) is 2.89. The highest BCUT2D eigenvalue weighted by Gasteiger charge is 2.26. The summed E-state index contributed by atoms with van der Waals surface area (Å²) in [6.07, 6.45) is 1.24. The van der Waals surface area contributed by atoms with Crippen LogP contribution in [0.5, 0.6) is 0 Å². The molecule has 0 aromatic heterocycles. The van der Waals surface area contributed by atoms with Crippen molar-refractivity contribution in [1.82, 2.24) is 15.1 Å². The minimum Gasteiger partial charge on any atom is -0.444 e. The van der Waals surface area contributed by atoms with Crippen LogP contribution >= 0.6 is 0 Å². The minimum atomic E-state index is -0.418. The first-order valence-corrected chi connectivity index (χ1v) is 8.40. The van der Waals surface area contributed by atoms with Gasteiger partial charge in [-0.05, 0) is 34.1 Å². The Morgan fingerprint density at radius 1 is 1.27 bits per heavy atom. The van der Waals surface area contributed by atoms with E-state index >= 15 is 0 Å². The maximum Gasteiger partial charge on any atom is 0.410 e. The van der Waals surface area contributed by atoms with E-state index in [1.807, 2.05) is 25.7 Å². The number of carbonyl (C=O) groups excluding carboxylic acids is 1. The largest absolute Gasteiger partial charge is 0.444 e. The van der Waals surface area contributed by atoms with Gasteiger partial charge in [0.2, 0.25) is 0 Å². The number of carbonyl (C=O) groups is 1. The van der Waals surface area contributed by atoms with E-state index in [4.69, 9.17) is 9.47 Å². The van der Waals surface area contributed by atoms with Crippen LogP contribution in [0.2, 0.25) is 0 Å². The standard InChI is InChI=1S/C16H31N3O3/c1-13-14(5-12-21-13)17-6-7-18-8-10-19(11-9-18)15(20)22-16(2,3)4/h13-14,17H,5-12H2,1-4H3. The van der Waals surface area contributed by atoms with Gasteiger partial charge >= 0.3 is 6.09 Å². The first-order valence-electron chi connectivity index (χ1n) is 8.40. The van der Waals surface area contributed by atoms with Crippen molar-refractivity contribution < 1.29 is 14.3 Å². The van der Waals surface area contributed by atoms with Gasteiger partial charge in [0, 0.05) is 51.9 Å². The van der Waals surface area contributed by atoms with Crippen molar-refractivity contribution in [3.05, 3.63) is 0 Å². The fraction of sp³-hybridized carbons (Fsp3) is 0.938.